The number of ether oxygens (including phenoxy) is 2. The van der Waals surface area contributed by atoms with E-state index in [4.69, 9.17) is 9.47 Å². The largest absolute Gasteiger partial charge is 0.508 e. The minimum atomic E-state index is -0.465. The van der Waals surface area contributed by atoms with Crippen LogP contribution in [0.5, 0.6) is 17.2 Å². The fourth-order valence-corrected chi connectivity index (χ4v) is 2.59. The third-order valence-corrected chi connectivity index (χ3v) is 3.71. The Bertz CT molecular complexity index is 658. The van der Waals surface area contributed by atoms with Gasteiger partial charge in [0.1, 0.15) is 24.8 Å². The van der Waals surface area contributed by atoms with E-state index in [-0.39, 0.29) is 5.75 Å². The highest BCUT2D eigenvalue weighted by Gasteiger charge is 2.14. The molecule has 0 saturated carbocycles. The summed E-state index contributed by atoms with van der Waals surface area (Å²) >= 11 is 3.46. The summed E-state index contributed by atoms with van der Waals surface area (Å²) < 4.78 is 25.1. The van der Waals surface area contributed by atoms with E-state index in [0.717, 1.165) is 16.2 Å². The third-order valence-electron chi connectivity index (χ3n) is 3.06. The van der Waals surface area contributed by atoms with E-state index in [1.54, 1.807) is 0 Å². The van der Waals surface area contributed by atoms with E-state index in [1.165, 1.54) is 12.1 Å². The van der Waals surface area contributed by atoms with Crippen LogP contribution in [0.1, 0.15) is 5.56 Å². The first-order valence-corrected chi connectivity index (χ1v) is 7.22. The summed E-state index contributed by atoms with van der Waals surface area (Å²) in [6.45, 7) is 1.43. The fraction of sp³-hybridized carbons (Fsp3) is 0.200. The minimum Gasteiger partial charge on any atom is -0.508 e. The van der Waals surface area contributed by atoms with Gasteiger partial charge in [-0.25, -0.2) is 4.39 Å². The number of aromatic hydroxyl groups is 1. The molecule has 0 atom stereocenters. The average molecular weight is 354 g/mol. The molecule has 2 aromatic rings. The third kappa shape index (κ3) is 3.21. The van der Waals surface area contributed by atoms with Crippen molar-refractivity contribution in [1.82, 2.24) is 0 Å². The second-order valence-electron chi connectivity index (χ2n) is 4.65. The lowest BCUT2D eigenvalue weighted by Gasteiger charge is -2.20. The molecule has 3 rings (SSSR count). The molecule has 0 aromatic heterocycles. The van der Waals surface area contributed by atoms with Crippen LogP contribution in [0, 0.1) is 5.82 Å². The van der Waals surface area contributed by atoms with Crippen LogP contribution < -0.4 is 14.8 Å². The van der Waals surface area contributed by atoms with Crippen LogP contribution in [0.25, 0.3) is 0 Å². The van der Waals surface area contributed by atoms with Crippen LogP contribution in [-0.4, -0.2) is 18.3 Å². The molecule has 1 aliphatic heterocycles. The highest BCUT2D eigenvalue weighted by atomic mass is 79.9. The number of rotatable bonds is 3. The van der Waals surface area contributed by atoms with Gasteiger partial charge in [0.25, 0.3) is 0 Å². The van der Waals surface area contributed by atoms with E-state index < -0.39 is 5.82 Å². The first-order chi connectivity index (χ1) is 10.1. The molecule has 1 heterocycles. The smallest absolute Gasteiger partial charge is 0.163 e. The molecule has 0 bridgehead atoms. The zero-order valence-electron chi connectivity index (χ0n) is 11.0. The molecule has 110 valence electrons. The second kappa shape index (κ2) is 5.81. The number of fused-ring (bicyclic) bond motifs is 1. The van der Waals surface area contributed by atoms with Gasteiger partial charge in [-0.05, 0) is 33.6 Å². The number of hydrogen-bond acceptors (Lipinski definition) is 4. The van der Waals surface area contributed by atoms with Crippen molar-refractivity contribution in [1.29, 1.82) is 0 Å². The molecular formula is C15H13BrFNO3. The summed E-state index contributed by atoms with van der Waals surface area (Å²) in [6, 6.07) is 7.63. The van der Waals surface area contributed by atoms with Gasteiger partial charge in [-0.3, -0.25) is 0 Å². The molecule has 0 amide bonds. The van der Waals surface area contributed by atoms with Gasteiger partial charge in [0, 0.05) is 29.2 Å². The van der Waals surface area contributed by atoms with Gasteiger partial charge in [-0.2, -0.15) is 0 Å². The first kappa shape index (κ1) is 14.0. The summed E-state index contributed by atoms with van der Waals surface area (Å²) in [4.78, 5) is 0. The molecule has 2 aromatic carbocycles. The molecule has 0 spiro atoms. The number of phenolic OH excluding ortho intramolecular Hbond substituents is 1. The van der Waals surface area contributed by atoms with Crippen LogP contribution >= 0.6 is 15.9 Å². The van der Waals surface area contributed by atoms with Crippen molar-refractivity contribution in [2.75, 3.05) is 18.5 Å². The number of hydrogen-bond donors (Lipinski definition) is 2. The Morgan fingerprint density at radius 1 is 1.10 bits per heavy atom. The van der Waals surface area contributed by atoms with Gasteiger partial charge in [0.2, 0.25) is 0 Å². The maximum absolute atomic E-state index is 13.2. The van der Waals surface area contributed by atoms with Crippen molar-refractivity contribution < 1.29 is 19.0 Å². The second-order valence-corrected chi connectivity index (χ2v) is 5.50. The Balaban J connectivity index is 1.78. The zero-order chi connectivity index (χ0) is 14.8. The zero-order valence-corrected chi connectivity index (χ0v) is 12.6. The summed E-state index contributed by atoms with van der Waals surface area (Å²) in [7, 11) is 0. The lowest BCUT2D eigenvalue weighted by Crippen LogP contribution is -2.15. The van der Waals surface area contributed by atoms with E-state index in [9.17, 15) is 9.50 Å². The van der Waals surface area contributed by atoms with Gasteiger partial charge >= 0.3 is 0 Å². The van der Waals surface area contributed by atoms with Crippen molar-refractivity contribution in [3.63, 3.8) is 0 Å². The van der Waals surface area contributed by atoms with Crippen molar-refractivity contribution in [3.8, 4) is 17.2 Å². The predicted molar refractivity (Wildman–Crippen MR) is 80.5 cm³/mol. The van der Waals surface area contributed by atoms with Crippen molar-refractivity contribution in [3.05, 3.63) is 46.2 Å². The van der Waals surface area contributed by atoms with E-state index >= 15 is 0 Å². The Kier molecular flexibility index (Phi) is 3.88. The highest BCUT2D eigenvalue weighted by molar-refractivity contribution is 9.10. The molecular weight excluding hydrogens is 341 g/mol. The van der Waals surface area contributed by atoms with E-state index in [1.807, 2.05) is 12.1 Å². The number of anilines is 1. The molecule has 2 N–H and O–H groups in total. The molecule has 6 heteroatoms. The molecule has 1 aliphatic rings. The molecule has 0 saturated heterocycles. The van der Waals surface area contributed by atoms with Crippen LogP contribution in [0.3, 0.4) is 0 Å². The van der Waals surface area contributed by atoms with E-state index in [0.29, 0.717) is 36.8 Å². The molecule has 0 aliphatic carbocycles. The normalized spacial score (nSPS) is 13.0. The number of halogens is 2. The van der Waals surface area contributed by atoms with Crippen molar-refractivity contribution >= 4 is 21.6 Å². The Labute approximate surface area is 129 Å². The Morgan fingerprint density at radius 3 is 2.52 bits per heavy atom. The van der Waals surface area contributed by atoms with Crippen LogP contribution in [-0.2, 0) is 6.54 Å². The lowest BCUT2D eigenvalue weighted by molar-refractivity contribution is 0.171. The summed E-state index contributed by atoms with van der Waals surface area (Å²) in [6.07, 6.45) is 0. The number of benzene rings is 2. The van der Waals surface area contributed by atoms with Gasteiger partial charge in [0.05, 0.1) is 5.69 Å². The Morgan fingerprint density at radius 2 is 1.81 bits per heavy atom. The Hall–Kier alpha value is -1.95. The van der Waals surface area contributed by atoms with Crippen LogP contribution in [0.15, 0.2) is 34.8 Å². The highest BCUT2D eigenvalue weighted by Crippen LogP contribution is 2.38. The standard InChI is InChI=1S/C15H13BrFNO3/c16-12-6-14-15(21-2-1-20-14)7-13(12)18-8-9-3-10(17)5-11(19)4-9/h3-7,18-19H,1-2,8H2. The number of phenols is 1. The summed E-state index contributed by atoms with van der Waals surface area (Å²) in [5, 5.41) is 12.6. The predicted octanol–water partition coefficient (Wildman–Crippen LogP) is 3.68. The summed E-state index contributed by atoms with van der Waals surface area (Å²) in [5.41, 5.74) is 1.46. The molecule has 0 radical (unpaired) electrons. The van der Waals surface area contributed by atoms with Crippen molar-refractivity contribution in [2.45, 2.75) is 6.54 Å². The van der Waals surface area contributed by atoms with Gasteiger partial charge < -0.3 is 19.9 Å². The fourth-order valence-electron chi connectivity index (χ4n) is 2.13. The summed E-state index contributed by atoms with van der Waals surface area (Å²) in [5.74, 6) is 0.817. The quantitative estimate of drug-likeness (QED) is 0.883. The van der Waals surface area contributed by atoms with Gasteiger partial charge in [-0.15, -0.1) is 0 Å². The number of nitrogens with one attached hydrogen (secondary N) is 1. The molecule has 0 unspecified atom stereocenters. The monoisotopic (exact) mass is 353 g/mol. The first-order valence-electron chi connectivity index (χ1n) is 6.43. The molecule has 21 heavy (non-hydrogen) atoms. The van der Waals surface area contributed by atoms with Crippen LogP contribution in [0.2, 0.25) is 0 Å². The van der Waals surface area contributed by atoms with Crippen LogP contribution in [0.4, 0.5) is 10.1 Å². The molecule has 4 nitrogen and oxygen atoms in total. The topological polar surface area (TPSA) is 50.7 Å². The minimum absolute atomic E-state index is 0.0898. The SMILES string of the molecule is Oc1cc(F)cc(CNc2cc3c(cc2Br)OCCO3)c1. The average Bonchev–Trinajstić information content (AvgIpc) is 2.44. The maximum Gasteiger partial charge on any atom is 0.163 e. The van der Waals surface area contributed by atoms with E-state index in [2.05, 4.69) is 21.2 Å². The maximum atomic E-state index is 13.2. The molecule has 0 fully saturated rings. The lowest BCUT2D eigenvalue weighted by atomic mass is 10.2. The van der Waals surface area contributed by atoms with Gasteiger partial charge in [-0.1, -0.05) is 0 Å². The van der Waals surface area contributed by atoms with Crippen molar-refractivity contribution in [2.24, 2.45) is 0 Å². The van der Waals surface area contributed by atoms with Gasteiger partial charge in [0.15, 0.2) is 11.5 Å².